The molecule has 0 saturated carbocycles. The highest BCUT2D eigenvalue weighted by Gasteiger charge is 2.14. The van der Waals surface area contributed by atoms with E-state index in [4.69, 9.17) is 5.73 Å². The van der Waals surface area contributed by atoms with E-state index in [1.54, 1.807) is 0 Å². The first-order chi connectivity index (χ1) is 6.61. The summed E-state index contributed by atoms with van der Waals surface area (Å²) in [7, 11) is 0. The van der Waals surface area contributed by atoms with Crippen LogP contribution in [0.5, 0.6) is 0 Å². The number of aromatic nitrogens is 1. The van der Waals surface area contributed by atoms with Gasteiger partial charge in [-0.25, -0.2) is 0 Å². The molecule has 80 valence electrons. The molecule has 0 aliphatic rings. The summed E-state index contributed by atoms with van der Waals surface area (Å²) in [5.74, 6) is 0. The molecule has 0 saturated heterocycles. The maximum atomic E-state index is 9.68. The van der Waals surface area contributed by atoms with Crippen LogP contribution < -0.4 is 5.73 Å². The first kappa shape index (κ1) is 11.3. The molecule has 0 spiro atoms. The van der Waals surface area contributed by atoms with Crippen molar-refractivity contribution in [3.05, 3.63) is 23.0 Å². The average Bonchev–Trinajstić information content (AvgIpc) is 2.45. The third-order valence-corrected chi connectivity index (χ3v) is 2.64. The predicted octanol–water partition coefficient (Wildman–Crippen LogP) is 1.51. The Kier molecular flexibility index (Phi) is 3.72. The van der Waals surface area contributed by atoms with Crippen LogP contribution in [0, 0.1) is 13.8 Å². The fourth-order valence-corrected chi connectivity index (χ4v) is 1.86. The lowest BCUT2D eigenvalue weighted by atomic mass is 10.1. The van der Waals surface area contributed by atoms with Crippen molar-refractivity contribution in [2.24, 2.45) is 5.73 Å². The summed E-state index contributed by atoms with van der Waals surface area (Å²) in [5.41, 5.74) is 8.76. The number of aliphatic hydroxyl groups excluding tert-OH is 1. The Bertz CT molecular complexity index is 304. The number of nitrogens with zero attached hydrogens (tertiary/aromatic N) is 1. The van der Waals surface area contributed by atoms with Crippen LogP contribution in [-0.4, -0.2) is 16.2 Å². The topological polar surface area (TPSA) is 51.2 Å². The lowest BCUT2D eigenvalue weighted by molar-refractivity contribution is 0.186. The maximum Gasteiger partial charge on any atom is 0.0929 e. The standard InChI is InChI=1S/C11H20N2O/c1-4-5-13-8(2)6-10(9(13)3)11(14)7-12/h6,11,14H,4-5,7,12H2,1-3H3. The predicted molar refractivity (Wildman–Crippen MR) is 58.2 cm³/mol. The molecule has 1 rings (SSSR count). The molecule has 1 aromatic heterocycles. The van der Waals surface area contributed by atoms with Crippen molar-refractivity contribution in [3.63, 3.8) is 0 Å². The molecular weight excluding hydrogens is 176 g/mol. The SMILES string of the molecule is CCCn1c(C)cc(C(O)CN)c1C. The van der Waals surface area contributed by atoms with Gasteiger partial charge in [-0.15, -0.1) is 0 Å². The van der Waals surface area contributed by atoms with Gasteiger partial charge in [-0.3, -0.25) is 0 Å². The fourth-order valence-electron chi connectivity index (χ4n) is 1.86. The first-order valence-corrected chi connectivity index (χ1v) is 5.16. The van der Waals surface area contributed by atoms with E-state index in [9.17, 15) is 5.11 Å². The zero-order chi connectivity index (χ0) is 10.7. The van der Waals surface area contributed by atoms with Crippen LogP contribution in [0.3, 0.4) is 0 Å². The first-order valence-electron chi connectivity index (χ1n) is 5.16. The molecule has 0 fully saturated rings. The second kappa shape index (κ2) is 4.62. The van der Waals surface area contributed by atoms with E-state index in [1.165, 1.54) is 5.69 Å². The zero-order valence-corrected chi connectivity index (χ0v) is 9.25. The smallest absolute Gasteiger partial charge is 0.0929 e. The van der Waals surface area contributed by atoms with Crippen molar-refractivity contribution in [3.8, 4) is 0 Å². The molecule has 3 heteroatoms. The van der Waals surface area contributed by atoms with Crippen LogP contribution in [0.15, 0.2) is 6.07 Å². The summed E-state index contributed by atoms with van der Waals surface area (Å²) in [5, 5.41) is 9.68. The normalized spacial score (nSPS) is 13.2. The maximum absolute atomic E-state index is 9.68. The van der Waals surface area contributed by atoms with Gasteiger partial charge in [-0.1, -0.05) is 6.92 Å². The van der Waals surface area contributed by atoms with E-state index in [-0.39, 0.29) is 6.54 Å². The largest absolute Gasteiger partial charge is 0.387 e. The molecule has 1 unspecified atom stereocenters. The van der Waals surface area contributed by atoms with Crippen LogP contribution in [0.2, 0.25) is 0 Å². The van der Waals surface area contributed by atoms with Crippen molar-refractivity contribution in [1.82, 2.24) is 4.57 Å². The van der Waals surface area contributed by atoms with Crippen molar-refractivity contribution in [1.29, 1.82) is 0 Å². The minimum atomic E-state index is -0.521. The van der Waals surface area contributed by atoms with Crippen LogP contribution in [0.1, 0.15) is 36.4 Å². The van der Waals surface area contributed by atoms with Gasteiger partial charge in [0.15, 0.2) is 0 Å². The third kappa shape index (κ3) is 1.99. The Balaban J connectivity index is 3.03. The molecular formula is C11H20N2O. The van der Waals surface area contributed by atoms with E-state index < -0.39 is 6.10 Å². The molecule has 1 atom stereocenters. The van der Waals surface area contributed by atoms with Gasteiger partial charge in [0, 0.05) is 30.0 Å². The zero-order valence-electron chi connectivity index (χ0n) is 9.25. The summed E-state index contributed by atoms with van der Waals surface area (Å²) in [6, 6.07) is 2.03. The Morgan fingerprint density at radius 2 is 2.14 bits per heavy atom. The molecule has 0 aromatic carbocycles. The summed E-state index contributed by atoms with van der Waals surface area (Å²) in [4.78, 5) is 0. The average molecular weight is 196 g/mol. The van der Waals surface area contributed by atoms with Gasteiger partial charge in [0.25, 0.3) is 0 Å². The van der Waals surface area contributed by atoms with Crippen molar-refractivity contribution in [2.75, 3.05) is 6.54 Å². The van der Waals surface area contributed by atoms with Crippen molar-refractivity contribution < 1.29 is 5.11 Å². The van der Waals surface area contributed by atoms with Crippen LogP contribution in [0.25, 0.3) is 0 Å². The lowest BCUT2D eigenvalue weighted by Gasteiger charge is -2.10. The van der Waals surface area contributed by atoms with Gasteiger partial charge < -0.3 is 15.4 Å². The van der Waals surface area contributed by atoms with Crippen LogP contribution >= 0.6 is 0 Å². The minimum absolute atomic E-state index is 0.288. The number of rotatable bonds is 4. The van der Waals surface area contributed by atoms with Gasteiger partial charge in [0.1, 0.15) is 0 Å². The molecule has 3 N–H and O–H groups in total. The number of aliphatic hydroxyl groups is 1. The summed E-state index contributed by atoms with van der Waals surface area (Å²) in [6.45, 7) is 7.55. The van der Waals surface area contributed by atoms with Crippen LogP contribution in [-0.2, 0) is 6.54 Å². The van der Waals surface area contributed by atoms with Gasteiger partial charge in [-0.05, 0) is 26.3 Å². The number of aryl methyl sites for hydroxylation is 1. The molecule has 0 bridgehead atoms. The Morgan fingerprint density at radius 3 is 2.64 bits per heavy atom. The fraction of sp³-hybridized carbons (Fsp3) is 0.636. The Hall–Kier alpha value is -0.800. The molecule has 0 aliphatic carbocycles. The van der Waals surface area contributed by atoms with E-state index >= 15 is 0 Å². The monoisotopic (exact) mass is 196 g/mol. The van der Waals surface area contributed by atoms with Crippen molar-refractivity contribution >= 4 is 0 Å². The second-order valence-electron chi connectivity index (χ2n) is 3.73. The third-order valence-electron chi connectivity index (χ3n) is 2.64. The molecule has 1 heterocycles. The minimum Gasteiger partial charge on any atom is -0.387 e. The highest BCUT2D eigenvalue weighted by Crippen LogP contribution is 2.21. The van der Waals surface area contributed by atoms with Crippen LogP contribution in [0.4, 0.5) is 0 Å². The van der Waals surface area contributed by atoms with Gasteiger partial charge >= 0.3 is 0 Å². The Morgan fingerprint density at radius 1 is 1.50 bits per heavy atom. The summed E-state index contributed by atoms with van der Waals surface area (Å²) in [6.07, 6.45) is 0.584. The van der Waals surface area contributed by atoms with Gasteiger partial charge in [0.05, 0.1) is 6.10 Å². The number of hydrogen-bond acceptors (Lipinski definition) is 2. The van der Waals surface area contributed by atoms with E-state index in [0.29, 0.717) is 0 Å². The lowest BCUT2D eigenvalue weighted by Crippen LogP contribution is -2.12. The molecule has 0 amide bonds. The highest BCUT2D eigenvalue weighted by atomic mass is 16.3. The Labute approximate surface area is 85.5 Å². The van der Waals surface area contributed by atoms with E-state index in [0.717, 1.165) is 24.2 Å². The van der Waals surface area contributed by atoms with Gasteiger partial charge in [0.2, 0.25) is 0 Å². The van der Waals surface area contributed by atoms with Crippen molar-refractivity contribution in [2.45, 2.75) is 39.8 Å². The highest BCUT2D eigenvalue weighted by molar-refractivity contribution is 5.28. The molecule has 3 nitrogen and oxygen atoms in total. The number of hydrogen-bond donors (Lipinski definition) is 2. The van der Waals surface area contributed by atoms with E-state index in [1.807, 2.05) is 13.0 Å². The summed E-state index contributed by atoms with van der Waals surface area (Å²) >= 11 is 0. The molecule has 0 radical (unpaired) electrons. The van der Waals surface area contributed by atoms with E-state index in [2.05, 4.69) is 18.4 Å². The second-order valence-corrected chi connectivity index (χ2v) is 3.73. The molecule has 1 aromatic rings. The molecule has 0 aliphatic heterocycles. The quantitative estimate of drug-likeness (QED) is 0.767. The number of nitrogens with two attached hydrogens (primary N) is 1. The summed E-state index contributed by atoms with van der Waals surface area (Å²) < 4.78 is 2.23. The molecule has 14 heavy (non-hydrogen) atoms. The van der Waals surface area contributed by atoms with Gasteiger partial charge in [-0.2, -0.15) is 0 Å².